The van der Waals surface area contributed by atoms with Crippen LogP contribution in [0.5, 0.6) is 0 Å². The van der Waals surface area contributed by atoms with E-state index in [4.69, 9.17) is 0 Å². The molecule has 0 aromatic carbocycles. The van der Waals surface area contributed by atoms with Gasteiger partial charge in [0.25, 0.3) is 0 Å². The highest BCUT2D eigenvalue weighted by molar-refractivity contribution is 5.83. The van der Waals surface area contributed by atoms with Crippen LogP contribution in [0.4, 0.5) is 0 Å². The van der Waals surface area contributed by atoms with Gasteiger partial charge in [-0.05, 0) is 27.7 Å². The third-order valence-corrected chi connectivity index (χ3v) is 4.01. The van der Waals surface area contributed by atoms with Gasteiger partial charge in [0, 0.05) is 13.0 Å². The fourth-order valence-corrected chi connectivity index (χ4v) is 1.90. The van der Waals surface area contributed by atoms with Gasteiger partial charge in [-0.3, -0.25) is 10.1 Å². The van der Waals surface area contributed by atoms with E-state index in [1.54, 1.807) is 20.2 Å². The fraction of sp³-hybridized carbons (Fsp3) is 0.692. The summed E-state index contributed by atoms with van der Waals surface area (Å²) in [6.45, 7) is 7.61. The van der Waals surface area contributed by atoms with Crippen molar-refractivity contribution in [1.82, 2.24) is 20.6 Å². The van der Waals surface area contributed by atoms with Crippen LogP contribution in [0, 0.1) is 0 Å². The number of fused-ring (bicyclic) bond motifs is 1. The molecule has 2 heterocycles. The summed E-state index contributed by atoms with van der Waals surface area (Å²) in [7, 11) is 0. The normalized spacial score (nSPS) is 19.9. The molecule has 0 saturated carbocycles. The first kappa shape index (κ1) is 14.0. The highest BCUT2D eigenvalue weighted by atomic mass is 16.3. The molecule has 1 atom stereocenters. The minimum atomic E-state index is -0.991. The highest BCUT2D eigenvalue weighted by Crippen LogP contribution is 2.21. The van der Waals surface area contributed by atoms with Crippen LogP contribution in [-0.4, -0.2) is 38.2 Å². The van der Waals surface area contributed by atoms with E-state index < -0.39 is 11.1 Å². The molecule has 1 aliphatic rings. The summed E-state index contributed by atoms with van der Waals surface area (Å²) in [6, 6.07) is -0.308. The number of nitrogens with one attached hydrogen (secondary N) is 3. The third-order valence-electron chi connectivity index (χ3n) is 4.01. The number of hydrogen-bond donors (Lipinski definition) is 4. The van der Waals surface area contributed by atoms with E-state index in [-0.39, 0.29) is 11.9 Å². The second-order valence-electron chi connectivity index (χ2n) is 6.14. The Bertz CT molecular complexity index is 473. The third kappa shape index (κ3) is 2.79. The molecular formula is C13H22N4O2. The van der Waals surface area contributed by atoms with Crippen LogP contribution in [-0.2, 0) is 17.8 Å². The first-order chi connectivity index (χ1) is 8.71. The molecule has 0 radical (unpaired) electrons. The van der Waals surface area contributed by atoms with Crippen LogP contribution in [0.25, 0.3) is 0 Å². The maximum Gasteiger partial charge on any atom is 0.238 e. The summed E-state index contributed by atoms with van der Waals surface area (Å²) in [4.78, 5) is 19.5. The van der Waals surface area contributed by atoms with Gasteiger partial charge in [-0.15, -0.1) is 0 Å². The summed E-state index contributed by atoms with van der Waals surface area (Å²) in [5.74, 6) is -0.110. The Morgan fingerprint density at radius 2 is 2.16 bits per heavy atom. The molecule has 0 fully saturated rings. The van der Waals surface area contributed by atoms with Gasteiger partial charge in [0.15, 0.2) is 0 Å². The Kier molecular flexibility index (Phi) is 3.40. The van der Waals surface area contributed by atoms with Crippen LogP contribution in [0.3, 0.4) is 0 Å². The van der Waals surface area contributed by atoms with E-state index in [1.807, 2.05) is 13.8 Å². The van der Waals surface area contributed by atoms with Crippen molar-refractivity contribution in [3.8, 4) is 0 Å². The van der Waals surface area contributed by atoms with Gasteiger partial charge >= 0.3 is 0 Å². The number of aromatic nitrogens is 2. The molecule has 1 amide bonds. The smallest absolute Gasteiger partial charge is 0.238 e. The number of carbonyl (C=O) groups excluding carboxylic acids is 1. The lowest BCUT2D eigenvalue weighted by Crippen LogP contribution is -2.61. The maximum atomic E-state index is 12.3. The molecule has 0 saturated heterocycles. The average Bonchev–Trinajstić information content (AvgIpc) is 2.73. The molecule has 19 heavy (non-hydrogen) atoms. The van der Waals surface area contributed by atoms with E-state index in [9.17, 15) is 9.90 Å². The average molecular weight is 266 g/mol. The fourth-order valence-electron chi connectivity index (χ4n) is 1.90. The number of rotatable bonds is 3. The minimum absolute atomic E-state index is 0.110. The summed E-state index contributed by atoms with van der Waals surface area (Å²) < 4.78 is 0. The van der Waals surface area contributed by atoms with Gasteiger partial charge in [0.1, 0.15) is 0 Å². The lowest BCUT2D eigenvalue weighted by molar-refractivity contribution is -0.128. The van der Waals surface area contributed by atoms with E-state index in [0.29, 0.717) is 13.0 Å². The molecule has 4 N–H and O–H groups in total. The number of imidazole rings is 1. The van der Waals surface area contributed by atoms with Crippen LogP contribution < -0.4 is 10.6 Å². The Morgan fingerprint density at radius 1 is 1.47 bits per heavy atom. The van der Waals surface area contributed by atoms with Crippen molar-refractivity contribution in [3.05, 3.63) is 17.7 Å². The van der Waals surface area contributed by atoms with Gasteiger partial charge < -0.3 is 15.4 Å². The topological polar surface area (TPSA) is 90.0 Å². The molecule has 0 bridgehead atoms. The molecule has 0 aliphatic carbocycles. The molecule has 1 unspecified atom stereocenters. The van der Waals surface area contributed by atoms with Crippen LogP contribution in [0.1, 0.15) is 39.1 Å². The number of aliphatic hydroxyl groups is 1. The Hall–Kier alpha value is -1.40. The first-order valence-corrected chi connectivity index (χ1v) is 6.49. The van der Waals surface area contributed by atoms with Crippen LogP contribution in [0.15, 0.2) is 6.33 Å². The summed E-state index contributed by atoms with van der Waals surface area (Å²) in [5, 5.41) is 16.1. The predicted molar refractivity (Wildman–Crippen MR) is 71.4 cm³/mol. The van der Waals surface area contributed by atoms with Crippen LogP contribution in [0.2, 0.25) is 0 Å². The number of carbonyl (C=O) groups is 1. The molecule has 1 aliphatic heterocycles. The van der Waals surface area contributed by atoms with Gasteiger partial charge in [0.2, 0.25) is 5.91 Å². The molecule has 1 aromatic heterocycles. The Labute approximate surface area is 113 Å². The van der Waals surface area contributed by atoms with Gasteiger partial charge in [-0.25, -0.2) is 4.98 Å². The summed E-state index contributed by atoms with van der Waals surface area (Å²) in [6.07, 6.45) is 2.21. The van der Waals surface area contributed by atoms with Crippen molar-refractivity contribution in [3.63, 3.8) is 0 Å². The second kappa shape index (κ2) is 4.61. The molecule has 0 spiro atoms. The van der Waals surface area contributed by atoms with Crippen molar-refractivity contribution >= 4 is 5.91 Å². The van der Waals surface area contributed by atoms with Gasteiger partial charge in [-0.1, -0.05) is 0 Å². The minimum Gasteiger partial charge on any atom is -0.388 e. The van der Waals surface area contributed by atoms with E-state index in [2.05, 4.69) is 20.6 Å². The monoisotopic (exact) mass is 266 g/mol. The number of aromatic amines is 1. The zero-order chi connectivity index (χ0) is 14.3. The number of nitrogens with zero attached hydrogens (tertiary/aromatic N) is 1. The Morgan fingerprint density at radius 3 is 2.79 bits per heavy atom. The van der Waals surface area contributed by atoms with Crippen molar-refractivity contribution in [2.75, 3.05) is 0 Å². The lowest BCUT2D eigenvalue weighted by atomic mass is 9.85. The maximum absolute atomic E-state index is 12.3. The van der Waals surface area contributed by atoms with E-state index in [0.717, 1.165) is 11.4 Å². The molecule has 2 rings (SSSR count). The van der Waals surface area contributed by atoms with Crippen molar-refractivity contribution in [1.29, 1.82) is 0 Å². The second-order valence-corrected chi connectivity index (χ2v) is 6.14. The number of H-pyrrole nitrogens is 1. The van der Waals surface area contributed by atoms with Crippen molar-refractivity contribution in [2.24, 2.45) is 0 Å². The molecule has 1 aromatic rings. The largest absolute Gasteiger partial charge is 0.388 e. The van der Waals surface area contributed by atoms with Crippen LogP contribution >= 0.6 is 0 Å². The van der Waals surface area contributed by atoms with Crippen molar-refractivity contribution < 1.29 is 9.90 Å². The van der Waals surface area contributed by atoms with Gasteiger partial charge in [0.05, 0.1) is 34.9 Å². The summed E-state index contributed by atoms with van der Waals surface area (Å²) >= 11 is 0. The summed E-state index contributed by atoms with van der Waals surface area (Å²) in [5.41, 5.74) is 0.276. The molecule has 6 heteroatoms. The molecule has 6 nitrogen and oxygen atoms in total. The number of amides is 1. The zero-order valence-corrected chi connectivity index (χ0v) is 11.9. The predicted octanol–water partition coefficient (Wildman–Crippen LogP) is 0.0897. The lowest BCUT2D eigenvalue weighted by Gasteiger charge is -2.39. The van der Waals surface area contributed by atoms with E-state index >= 15 is 0 Å². The number of hydrogen-bond acceptors (Lipinski definition) is 4. The highest BCUT2D eigenvalue weighted by Gasteiger charge is 2.38. The Balaban J connectivity index is 2.03. The zero-order valence-electron chi connectivity index (χ0n) is 11.9. The van der Waals surface area contributed by atoms with Crippen molar-refractivity contribution in [2.45, 2.75) is 57.8 Å². The van der Waals surface area contributed by atoms with E-state index in [1.165, 1.54) is 0 Å². The van der Waals surface area contributed by atoms with Gasteiger partial charge in [-0.2, -0.15) is 0 Å². The molecule has 106 valence electrons. The SMILES string of the molecule is CC(C)(O)C(C)(C)NC(=O)C1Cc2nc[nH]c2CN1. The molecular weight excluding hydrogens is 244 g/mol. The standard InChI is InChI=1S/C13H22N4O2/c1-12(2,13(3,4)19)17-11(18)9-5-8-10(6-14-9)16-7-15-8/h7,9,14,19H,5-6H2,1-4H3,(H,15,16)(H,17,18). The first-order valence-electron chi connectivity index (χ1n) is 6.49. The quantitative estimate of drug-likeness (QED) is 0.624.